The van der Waals surface area contributed by atoms with Crippen molar-refractivity contribution in [2.45, 2.75) is 71.3 Å². The maximum Gasteiger partial charge on any atom is 0.235 e. The van der Waals surface area contributed by atoms with E-state index in [4.69, 9.17) is 0 Å². The number of ketones is 1. The van der Waals surface area contributed by atoms with Gasteiger partial charge in [-0.3, -0.25) is 9.59 Å². The van der Waals surface area contributed by atoms with E-state index in [-0.39, 0.29) is 11.7 Å². The van der Waals surface area contributed by atoms with Crippen LogP contribution in [0.2, 0.25) is 0 Å². The van der Waals surface area contributed by atoms with E-state index >= 15 is 0 Å². The van der Waals surface area contributed by atoms with Crippen LogP contribution in [0.5, 0.6) is 0 Å². The monoisotopic (exact) mass is 313 g/mol. The standard InChI is InChI=1S/C20H27NO2/c1-5-12-10-13(6-2)16(14(7-3)11-12)17-18(22)20(4,15-8-9-15)21-19(17)23/h10-11,15,17H,5-9H2,1-4H3,(H,21,23). The fourth-order valence-electron chi connectivity index (χ4n) is 4.05. The summed E-state index contributed by atoms with van der Waals surface area (Å²) in [5.41, 5.74) is 3.95. The molecule has 2 unspecified atom stereocenters. The maximum absolute atomic E-state index is 13.1. The lowest BCUT2D eigenvalue weighted by Crippen LogP contribution is -2.45. The highest BCUT2D eigenvalue weighted by atomic mass is 16.2. The summed E-state index contributed by atoms with van der Waals surface area (Å²) in [6, 6.07) is 4.36. The van der Waals surface area contributed by atoms with Crippen LogP contribution in [0, 0.1) is 5.92 Å². The van der Waals surface area contributed by atoms with Crippen LogP contribution in [0.4, 0.5) is 0 Å². The van der Waals surface area contributed by atoms with Crippen molar-refractivity contribution < 1.29 is 9.59 Å². The number of hydrogen-bond donors (Lipinski definition) is 1. The molecule has 1 amide bonds. The van der Waals surface area contributed by atoms with Crippen LogP contribution < -0.4 is 5.32 Å². The molecule has 0 aromatic heterocycles. The molecular weight excluding hydrogens is 286 g/mol. The maximum atomic E-state index is 13.1. The highest BCUT2D eigenvalue weighted by Crippen LogP contribution is 2.46. The topological polar surface area (TPSA) is 46.2 Å². The van der Waals surface area contributed by atoms with Gasteiger partial charge >= 0.3 is 0 Å². The summed E-state index contributed by atoms with van der Waals surface area (Å²) >= 11 is 0. The quantitative estimate of drug-likeness (QED) is 0.848. The fourth-order valence-corrected chi connectivity index (χ4v) is 4.05. The number of amides is 1. The highest BCUT2D eigenvalue weighted by molar-refractivity contribution is 6.17. The Kier molecular flexibility index (Phi) is 4.07. The summed E-state index contributed by atoms with van der Waals surface area (Å²) in [5.74, 6) is -0.304. The van der Waals surface area contributed by atoms with Crippen molar-refractivity contribution in [1.82, 2.24) is 5.32 Å². The summed E-state index contributed by atoms with van der Waals surface area (Å²) in [6.07, 6.45) is 4.78. The third kappa shape index (κ3) is 2.50. The zero-order chi connectivity index (χ0) is 16.8. The molecule has 1 saturated heterocycles. The van der Waals surface area contributed by atoms with Crippen molar-refractivity contribution in [3.8, 4) is 0 Å². The second-order valence-corrected chi connectivity index (χ2v) is 7.15. The molecule has 2 atom stereocenters. The summed E-state index contributed by atoms with van der Waals surface area (Å²) in [6.45, 7) is 8.28. The van der Waals surface area contributed by atoms with E-state index < -0.39 is 11.5 Å². The molecular formula is C20H27NO2. The Labute approximate surface area is 138 Å². The Hall–Kier alpha value is -1.64. The average Bonchev–Trinajstić information content (AvgIpc) is 3.36. The number of hydrogen-bond acceptors (Lipinski definition) is 2. The van der Waals surface area contributed by atoms with Gasteiger partial charge in [0.1, 0.15) is 5.92 Å². The minimum atomic E-state index is -0.652. The molecule has 3 rings (SSSR count). The van der Waals surface area contributed by atoms with Crippen molar-refractivity contribution in [3.05, 3.63) is 34.4 Å². The van der Waals surface area contributed by atoms with Gasteiger partial charge in [-0.15, -0.1) is 0 Å². The first-order valence-corrected chi connectivity index (χ1v) is 8.97. The lowest BCUT2D eigenvalue weighted by Gasteiger charge is -2.23. The van der Waals surface area contributed by atoms with Crippen LogP contribution in [-0.2, 0) is 28.9 Å². The van der Waals surface area contributed by atoms with Gasteiger partial charge in [-0.05, 0) is 67.2 Å². The van der Waals surface area contributed by atoms with Gasteiger partial charge in [-0.25, -0.2) is 0 Å². The Morgan fingerprint density at radius 1 is 1.04 bits per heavy atom. The van der Waals surface area contributed by atoms with E-state index in [9.17, 15) is 9.59 Å². The van der Waals surface area contributed by atoms with Gasteiger partial charge in [0.05, 0.1) is 5.54 Å². The lowest BCUT2D eigenvalue weighted by molar-refractivity contribution is -0.125. The summed E-state index contributed by atoms with van der Waals surface area (Å²) in [7, 11) is 0. The molecule has 1 heterocycles. The number of benzene rings is 1. The van der Waals surface area contributed by atoms with Gasteiger partial charge in [0, 0.05) is 0 Å². The molecule has 1 aromatic rings. The first kappa shape index (κ1) is 16.2. The zero-order valence-corrected chi connectivity index (χ0v) is 14.7. The normalized spacial score (nSPS) is 27.4. The van der Waals surface area contributed by atoms with E-state index in [0.717, 1.165) is 48.8 Å². The Bertz CT molecular complexity index is 635. The van der Waals surface area contributed by atoms with E-state index in [1.54, 1.807) is 0 Å². The third-order valence-corrected chi connectivity index (χ3v) is 5.68. The molecule has 1 saturated carbocycles. The molecule has 1 aliphatic heterocycles. The van der Waals surface area contributed by atoms with Gasteiger partial charge in [0.2, 0.25) is 5.91 Å². The predicted octanol–water partition coefficient (Wildman–Crippen LogP) is 3.33. The molecule has 23 heavy (non-hydrogen) atoms. The van der Waals surface area contributed by atoms with Gasteiger partial charge in [0.15, 0.2) is 5.78 Å². The van der Waals surface area contributed by atoms with Gasteiger partial charge in [-0.2, -0.15) is 0 Å². The van der Waals surface area contributed by atoms with Crippen molar-refractivity contribution >= 4 is 11.7 Å². The third-order valence-electron chi connectivity index (χ3n) is 5.68. The van der Waals surface area contributed by atoms with Crippen LogP contribution >= 0.6 is 0 Å². The van der Waals surface area contributed by atoms with Crippen LogP contribution in [0.3, 0.4) is 0 Å². The molecule has 124 valence electrons. The van der Waals surface area contributed by atoms with E-state index in [2.05, 4.69) is 38.2 Å². The average molecular weight is 313 g/mol. The summed E-state index contributed by atoms with van der Waals surface area (Å²) in [5, 5.41) is 3.03. The van der Waals surface area contributed by atoms with E-state index in [1.165, 1.54) is 5.56 Å². The molecule has 1 aliphatic carbocycles. The Morgan fingerprint density at radius 2 is 1.61 bits per heavy atom. The number of carbonyl (C=O) groups excluding carboxylic acids is 2. The van der Waals surface area contributed by atoms with Crippen LogP contribution in [0.15, 0.2) is 12.1 Å². The number of aryl methyl sites for hydroxylation is 3. The van der Waals surface area contributed by atoms with Crippen LogP contribution in [0.1, 0.15) is 68.7 Å². The van der Waals surface area contributed by atoms with Gasteiger partial charge in [-0.1, -0.05) is 32.9 Å². The van der Waals surface area contributed by atoms with Crippen molar-refractivity contribution in [2.75, 3.05) is 0 Å². The lowest BCUT2D eigenvalue weighted by atomic mass is 9.80. The fraction of sp³-hybridized carbons (Fsp3) is 0.600. The van der Waals surface area contributed by atoms with Crippen molar-refractivity contribution in [2.24, 2.45) is 5.92 Å². The largest absolute Gasteiger partial charge is 0.343 e. The second-order valence-electron chi connectivity index (χ2n) is 7.15. The van der Waals surface area contributed by atoms with Gasteiger partial charge < -0.3 is 5.32 Å². The minimum absolute atomic E-state index is 0.0821. The Morgan fingerprint density at radius 3 is 2.04 bits per heavy atom. The summed E-state index contributed by atoms with van der Waals surface area (Å²) < 4.78 is 0. The SMILES string of the molecule is CCc1cc(CC)c(C2C(=O)NC(C)(C3CC3)C2=O)c(CC)c1. The minimum Gasteiger partial charge on any atom is -0.343 e. The number of Topliss-reactive ketones (excluding diaryl/α,β-unsaturated/α-hetero) is 1. The number of nitrogens with one attached hydrogen (secondary N) is 1. The summed E-state index contributed by atoms with van der Waals surface area (Å²) in [4.78, 5) is 25.8. The first-order valence-electron chi connectivity index (χ1n) is 8.97. The van der Waals surface area contributed by atoms with Crippen molar-refractivity contribution in [3.63, 3.8) is 0 Å². The Balaban J connectivity index is 2.10. The van der Waals surface area contributed by atoms with Gasteiger partial charge in [0.25, 0.3) is 0 Å². The van der Waals surface area contributed by atoms with E-state index in [0.29, 0.717) is 5.92 Å². The molecule has 0 radical (unpaired) electrons. The van der Waals surface area contributed by atoms with E-state index in [1.807, 2.05) is 6.92 Å². The predicted molar refractivity (Wildman–Crippen MR) is 91.6 cm³/mol. The molecule has 0 spiro atoms. The first-order chi connectivity index (χ1) is 11.0. The number of rotatable bonds is 5. The molecule has 2 fully saturated rings. The molecule has 3 heteroatoms. The molecule has 3 nitrogen and oxygen atoms in total. The molecule has 1 aromatic carbocycles. The zero-order valence-electron chi connectivity index (χ0n) is 14.7. The smallest absolute Gasteiger partial charge is 0.235 e. The molecule has 0 bridgehead atoms. The number of carbonyl (C=O) groups is 2. The molecule has 1 N–H and O–H groups in total. The second kappa shape index (κ2) is 5.77. The highest BCUT2D eigenvalue weighted by Gasteiger charge is 2.57. The molecule has 2 aliphatic rings. The van der Waals surface area contributed by atoms with Crippen LogP contribution in [-0.4, -0.2) is 17.2 Å². The van der Waals surface area contributed by atoms with Crippen molar-refractivity contribution in [1.29, 1.82) is 0 Å². The van der Waals surface area contributed by atoms with Crippen LogP contribution in [0.25, 0.3) is 0 Å².